The number of pyridine rings is 1. The molecule has 0 spiro atoms. The van der Waals surface area contributed by atoms with E-state index < -0.39 is 29.2 Å². The maximum atomic E-state index is 13.1. The molecule has 0 fully saturated rings. The summed E-state index contributed by atoms with van der Waals surface area (Å²) in [5.74, 6) is -1.25. The van der Waals surface area contributed by atoms with Gasteiger partial charge in [-0.3, -0.25) is 14.4 Å². The minimum absolute atomic E-state index is 0.0892. The molecule has 0 bridgehead atoms. The first-order chi connectivity index (χ1) is 17.1. The number of halogens is 3. The van der Waals surface area contributed by atoms with Crippen molar-refractivity contribution >= 4 is 28.2 Å². The number of nitrogens with zero attached hydrogens (tertiary/aromatic N) is 3. The molecule has 9 nitrogen and oxygen atoms in total. The van der Waals surface area contributed by atoms with Gasteiger partial charge in [0.25, 0.3) is 11.1 Å². The Morgan fingerprint density at radius 3 is 2.33 bits per heavy atom. The first kappa shape index (κ1) is 24.5. The summed E-state index contributed by atoms with van der Waals surface area (Å²) in [6, 6.07) is 14.3. The molecular weight excluding hydrogens is 481 g/mol. The highest BCUT2D eigenvalue weighted by Gasteiger charge is 2.31. The van der Waals surface area contributed by atoms with E-state index in [2.05, 4.69) is 15.2 Å². The molecule has 2 N–H and O–H groups in total. The number of carbonyl (C=O) groups is 1. The number of rotatable bonds is 8. The number of anilines is 2. The van der Waals surface area contributed by atoms with Gasteiger partial charge in [-0.25, -0.2) is 0 Å². The van der Waals surface area contributed by atoms with Crippen molar-refractivity contribution in [2.45, 2.75) is 25.7 Å². The van der Waals surface area contributed by atoms with Gasteiger partial charge in [-0.05, 0) is 48.9 Å². The predicted octanol–water partition coefficient (Wildman–Crippen LogP) is 4.05. The van der Waals surface area contributed by atoms with Crippen LogP contribution in [0.15, 0.2) is 76.4 Å². The van der Waals surface area contributed by atoms with E-state index in [1.165, 1.54) is 29.0 Å². The smallest absolute Gasteiger partial charge is 0.481 e. The first-order valence-corrected chi connectivity index (χ1v) is 10.7. The molecule has 36 heavy (non-hydrogen) atoms. The van der Waals surface area contributed by atoms with Crippen LogP contribution < -0.4 is 21.2 Å². The summed E-state index contributed by atoms with van der Waals surface area (Å²) in [5.41, 5.74) is -0.605. The molecule has 0 aliphatic carbocycles. The molecule has 2 aromatic carbocycles. The molecule has 12 heteroatoms. The molecular formula is C24H19F3N4O5. The number of hydrogen-bond acceptors (Lipinski definition) is 6. The van der Waals surface area contributed by atoms with Crippen molar-refractivity contribution in [1.82, 2.24) is 14.3 Å². The van der Waals surface area contributed by atoms with Crippen molar-refractivity contribution in [3.8, 4) is 11.4 Å². The normalized spacial score (nSPS) is 11.4. The van der Waals surface area contributed by atoms with Gasteiger partial charge >= 0.3 is 12.3 Å². The van der Waals surface area contributed by atoms with Crippen molar-refractivity contribution in [2.24, 2.45) is 0 Å². The Balaban J connectivity index is 1.73. The summed E-state index contributed by atoms with van der Waals surface area (Å²) in [5, 5.41) is 16.8. The van der Waals surface area contributed by atoms with E-state index in [9.17, 15) is 27.6 Å². The van der Waals surface area contributed by atoms with Crippen molar-refractivity contribution in [3.05, 3.63) is 87.6 Å². The lowest BCUT2D eigenvalue weighted by Gasteiger charge is -2.14. The number of hydrogen-bond donors (Lipinski definition) is 2. The number of benzene rings is 2. The molecule has 0 atom stereocenters. The van der Waals surface area contributed by atoms with Crippen LogP contribution in [0.5, 0.6) is 5.75 Å². The quantitative estimate of drug-likeness (QED) is 0.375. The number of carboxylic acids is 1. The van der Waals surface area contributed by atoms with Crippen LogP contribution in [0.25, 0.3) is 16.5 Å². The van der Waals surface area contributed by atoms with E-state index in [4.69, 9.17) is 5.11 Å². The summed E-state index contributed by atoms with van der Waals surface area (Å²) in [7, 11) is 0. The third kappa shape index (κ3) is 5.54. The molecule has 4 rings (SSSR count). The van der Waals surface area contributed by atoms with E-state index in [-0.39, 0.29) is 42.0 Å². The molecule has 0 saturated carbocycles. The fraction of sp³-hybridized carbons (Fsp3) is 0.167. The zero-order chi connectivity index (χ0) is 25.9. The minimum Gasteiger partial charge on any atom is -0.481 e. The van der Waals surface area contributed by atoms with Gasteiger partial charge in [0.15, 0.2) is 5.82 Å². The zero-order valence-electron chi connectivity index (χ0n) is 18.5. The standard InChI is InChI=1S/C24H19F3N4O5/c25-24(26,27)36-16-11-9-15(10-12-16)31-22(34)18-6-2-1-5-17(18)21(29-31)28-19-7-3-13-30(23(19)35)14-4-8-20(32)33/h1-3,5-7,9-13H,4,8,14H2,(H,28,29)(H,32,33). The van der Waals surface area contributed by atoms with Gasteiger partial charge in [-0.15, -0.1) is 18.3 Å². The van der Waals surface area contributed by atoms with Gasteiger partial charge in [0, 0.05) is 24.5 Å². The van der Waals surface area contributed by atoms with Crippen LogP contribution in [-0.2, 0) is 11.3 Å². The number of aromatic nitrogens is 3. The van der Waals surface area contributed by atoms with Gasteiger partial charge in [-0.2, -0.15) is 4.68 Å². The highest BCUT2D eigenvalue weighted by Crippen LogP contribution is 2.25. The Labute approximate surface area is 201 Å². The van der Waals surface area contributed by atoms with E-state index in [0.29, 0.717) is 5.39 Å². The number of aliphatic carboxylic acids is 1. The molecule has 0 aliphatic heterocycles. The lowest BCUT2D eigenvalue weighted by molar-refractivity contribution is -0.274. The SMILES string of the molecule is O=C(O)CCCn1cccc(Nc2nn(-c3ccc(OC(F)(F)F)cc3)c(=O)c3ccccc23)c1=O. The molecule has 2 aromatic heterocycles. The molecule has 0 amide bonds. The number of alkyl halides is 3. The van der Waals surface area contributed by atoms with Crippen molar-refractivity contribution in [1.29, 1.82) is 0 Å². The maximum Gasteiger partial charge on any atom is 0.573 e. The Bertz CT molecular complexity index is 1530. The summed E-state index contributed by atoms with van der Waals surface area (Å²) in [6.45, 7) is 0.195. The third-order valence-corrected chi connectivity index (χ3v) is 5.18. The summed E-state index contributed by atoms with van der Waals surface area (Å²) >= 11 is 0. The lowest BCUT2D eigenvalue weighted by atomic mass is 10.2. The summed E-state index contributed by atoms with van der Waals surface area (Å²) < 4.78 is 43.7. The number of ether oxygens (including phenoxy) is 1. The number of nitrogens with one attached hydrogen (secondary N) is 1. The molecule has 0 aliphatic rings. The Morgan fingerprint density at radius 2 is 1.67 bits per heavy atom. The van der Waals surface area contributed by atoms with Crippen LogP contribution in [0, 0.1) is 0 Å². The fourth-order valence-electron chi connectivity index (χ4n) is 3.58. The Hall–Kier alpha value is -4.61. The number of fused-ring (bicyclic) bond motifs is 1. The molecule has 0 unspecified atom stereocenters. The minimum atomic E-state index is -4.85. The van der Waals surface area contributed by atoms with Gasteiger partial charge < -0.3 is 19.7 Å². The second-order valence-electron chi connectivity index (χ2n) is 7.70. The second kappa shape index (κ2) is 9.94. The number of aryl methyl sites for hydroxylation is 1. The van der Waals surface area contributed by atoms with E-state index in [1.807, 2.05) is 0 Å². The topological polar surface area (TPSA) is 115 Å². The average molecular weight is 500 g/mol. The molecule has 0 radical (unpaired) electrons. The first-order valence-electron chi connectivity index (χ1n) is 10.7. The van der Waals surface area contributed by atoms with Crippen LogP contribution in [0.1, 0.15) is 12.8 Å². The molecule has 4 aromatic rings. The van der Waals surface area contributed by atoms with Gasteiger partial charge in [0.05, 0.1) is 11.1 Å². The fourth-order valence-corrected chi connectivity index (χ4v) is 3.58. The van der Waals surface area contributed by atoms with Crippen LogP contribution in [0.2, 0.25) is 0 Å². The van der Waals surface area contributed by atoms with E-state index in [0.717, 1.165) is 16.8 Å². The zero-order valence-corrected chi connectivity index (χ0v) is 18.5. The predicted molar refractivity (Wildman–Crippen MR) is 125 cm³/mol. The maximum absolute atomic E-state index is 13.1. The molecule has 2 heterocycles. The van der Waals surface area contributed by atoms with E-state index in [1.54, 1.807) is 30.3 Å². The van der Waals surface area contributed by atoms with Crippen molar-refractivity contribution in [3.63, 3.8) is 0 Å². The second-order valence-corrected chi connectivity index (χ2v) is 7.70. The van der Waals surface area contributed by atoms with Crippen molar-refractivity contribution in [2.75, 3.05) is 5.32 Å². The number of carboxylic acid groups (broad SMARTS) is 1. The molecule has 0 saturated heterocycles. The van der Waals surface area contributed by atoms with Crippen LogP contribution >= 0.6 is 0 Å². The molecule has 186 valence electrons. The highest BCUT2D eigenvalue weighted by molar-refractivity contribution is 5.92. The summed E-state index contributed by atoms with van der Waals surface area (Å²) in [4.78, 5) is 36.8. The van der Waals surface area contributed by atoms with Gasteiger partial charge in [0.2, 0.25) is 0 Å². The largest absolute Gasteiger partial charge is 0.573 e. The van der Waals surface area contributed by atoms with E-state index >= 15 is 0 Å². The highest BCUT2D eigenvalue weighted by atomic mass is 19.4. The van der Waals surface area contributed by atoms with Crippen LogP contribution in [0.4, 0.5) is 24.7 Å². The van der Waals surface area contributed by atoms with Gasteiger partial charge in [-0.1, -0.05) is 18.2 Å². The van der Waals surface area contributed by atoms with Crippen LogP contribution in [0.3, 0.4) is 0 Å². The third-order valence-electron chi connectivity index (χ3n) is 5.18. The average Bonchev–Trinajstić information content (AvgIpc) is 2.82. The lowest BCUT2D eigenvalue weighted by Crippen LogP contribution is -2.25. The Morgan fingerprint density at radius 1 is 0.972 bits per heavy atom. The van der Waals surface area contributed by atoms with Gasteiger partial charge in [0.1, 0.15) is 11.4 Å². The van der Waals surface area contributed by atoms with Crippen LogP contribution in [-0.4, -0.2) is 31.8 Å². The monoisotopic (exact) mass is 500 g/mol. The Kier molecular flexibility index (Phi) is 6.77. The van der Waals surface area contributed by atoms with Crippen molar-refractivity contribution < 1.29 is 27.8 Å². The summed E-state index contributed by atoms with van der Waals surface area (Å²) in [6.07, 6.45) is -3.15.